The molecule has 4 rings (SSSR count). The van der Waals surface area contributed by atoms with E-state index in [0.29, 0.717) is 22.5 Å². The summed E-state index contributed by atoms with van der Waals surface area (Å²) in [5.74, 6) is -0.813. The Morgan fingerprint density at radius 3 is 2.26 bits per heavy atom. The Hall–Kier alpha value is -5.06. The number of benzene rings is 3. The lowest BCUT2D eigenvalue weighted by Gasteiger charge is -2.25. The van der Waals surface area contributed by atoms with Crippen LogP contribution in [0.25, 0.3) is 0 Å². The van der Waals surface area contributed by atoms with Crippen molar-refractivity contribution in [3.63, 3.8) is 0 Å². The van der Waals surface area contributed by atoms with E-state index in [1.54, 1.807) is 53.4 Å². The Kier molecular flexibility index (Phi) is 7.99. The van der Waals surface area contributed by atoms with Crippen LogP contribution >= 0.6 is 0 Å². The summed E-state index contributed by atoms with van der Waals surface area (Å²) in [6.07, 6.45) is 0. The molecule has 11 heteroatoms. The highest BCUT2D eigenvalue weighted by atomic mass is 16.5. The maximum absolute atomic E-state index is 13.5. The van der Waals surface area contributed by atoms with Crippen LogP contribution < -0.4 is 15.5 Å². The Balaban J connectivity index is 1.57. The number of carbonyl (C=O) groups excluding carboxylic acids is 3. The molecule has 4 aromatic rings. The van der Waals surface area contributed by atoms with Gasteiger partial charge in [0.05, 0.1) is 19.2 Å². The maximum atomic E-state index is 13.5. The van der Waals surface area contributed by atoms with Crippen LogP contribution in [0.1, 0.15) is 52.6 Å². The summed E-state index contributed by atoms with van der Waals surface area (Å²) in [6.45, 7) is 6.59. The Labute approximate surface area is 225 Å². The second-order valence-electron chi connectivity index (χ2n) is 9.77. The second kappa shape index (κ2) is 11.5. The molecule has 0 radical (unpaired) electrons. The number of hydrogen-bond donors (Lipinski definition) is 3. The number of carbonyl (C=O) groups is 3. The summed E-state index contributed by atoms with van der Waals surface area (Å²) in [4.78, 5) is 39.5. The molecule has 3 amide bonds. The number of ether oxygens (including phenoxy) is 1. The molecular weight excluding hydrogens is 498 g/mol. The minimum atomic E-state index is -0.496. The van der Waals surface area contributed by atoms with Crippen molar-refractivity contribution < 1.29 is 19.1 Å². The number of nitrogens with zero attached hydrogens (tertiary/aromatic N) is 4. The van der Waals surface area contributed by atoms with E-state index in [1.165, 1.54) is 7.11 Å². The fourth-order valence-corrected chi connectivity index (χ4v) is 3.79. The summed E-state index contributed by atoms with van der Waals surface area (Å²) in [5, 5.41) is 18.5. The molecule has 0 aliphatic rings. The van der Waals surface area contributed by atoms with Gasteiger partial charge >= 0.3 is 12.0 Å². The van der Waals surface area contributed by atoms with Crippen LogP contribution in [0.15, 0.2) is 72.8 Å². The molecule has 0 saturated carbocycles. The molecule has 0 unspecified atom stereocenters. The molecule has 0 aliphatic heterocycles. The minimum absolute atomic E-state index is 0.0438. The molecule has 39 heavy (non-hydrogen) atoms. The minimum Gasteiger partial charge on any atom is -0.465 e. The molecule has 0 fully saturated rings. The van der Waals surface area contributed by atoms with Crippen molar-refractivity contribution in [1.82, 2.24) is 20.6 Å². The first-order chi connectivity index (χ1) is 18.6. The number of aromatic nitrogens is 4. The molecular formula is C28H29N7O4. The van der Waals surface area contributed by atoms with Gasteiger partial charge in [-0.15, -0.1) is 5.10 Å². The molecule has 0 aliphatic carbocycles. The highest BCUT2D eigenvalue weighted by Crippen LogP contribution is 2.26. The van der Waals surface area contributed by atoms with Crippen LogP contribution in [0.4, 0.5) is 22.1 Å². The number of hydrogen-bond acceptors (Lipinski definition) is 7. The van der Waals surface area contributed by atoms with Crippen LogP contribution in [0.5, 0.6) is 0 Å². The van der Waals surface area contributed by atoms with Crippen LogP contribution in [0, 0.1) is 0 Å². The maximum Gasteiger partial charge on any atom is 0.337 e. The predicted molar refractivity (Wildman–Crippen MR) is 147 cm³/mol. The van der Waals surface area contributed by atoms with E-state index in [2.05, 4.69) is 52.0 Å². The number of anilines is 3. The number of esters is 1. The van der Waals surface area contributed by atoms with Gasteiger partial charge in [0, 0.05) is 16.9 Å². The summed E-state index contributed by atoms with van der Waals surface area (Å²) in [6, 6.07) is 20.8. The Morgan fingerprint density at radius 2 is 1.64 bits per heavy atom. The van der Waals surface area contributed by atoms with Crippen molar-refractivity contribution in [3.8, 4) is 0 Å². The van der Waals surface area contributed by atoms with E-state index < -0.39 is 5.97 Å². The van der Waals surface area contributed by atoms with Crippen molar-refractivity contribution in [2.75, 3.05) is 22.6 Å². The predicted octanol–water partition coefficient (Wildman–Crippen LogP) is 4.77. The van der Waals surface area contributed by atoms with Gasteiger partial charge in [0.15, 0.2) is 0 Å². The van der Waals surface area contributed by atoms with Gasteiger partial charge in [-0.3, -0.25) is 15.0 Å². The van der Waals surface area contributed by atoms with Gasteiger partial charge in [-0.2, -0.15) is 5.21 Å². The summed E-state index contributed by atoms with van der Waals surface area (Å²) < 4.78 is 4.78. The van der Waals surface area contributed by atoms with Gasteiger partial charge in [-0.1, -0.05) is 56.2 Å². The first-order valence-electron chi connectivity index (χ1n) is 12.2. The quantitative estimate of drug-likeness (QED) is 0.294. The number of urea groups is 1. The lowest BCUT2D eigenvalue weighted by atomic mass is 9.87. The summed E-state index contributed by atoms with van der Waals surface area (Å²) in [5.41, 5.74) is 3.74. The summed E-state index contributed by atoms with van der Waals surface area (Å²) >= 11 is 0. The highest BCUT2D eigenvalue weighted by Gasteiger charge is 2.20. The van der Waals surface area contributed by atoms with E-state index in [-0.39, 0.29) is 29.8 Å². The van der Waals surface area contributed by atoms with Crippen LogP contribution in [-0.4, -0.2) is 45.6 Å². The topological polar surface area (TPSA) is 142 Å². The van der Waals surface area contributed by atoms with E-state index in [1.807, 2.05) is 24.3 Å². The average Bonchev–Trinajstić information content (AvgIpc) is 3.44. The van der Waals surface area contributed by atoms with Crippen molar-refractivity contribution in [3.05, 3.63) is 95.1 Å². The van der Waals surface area contributed by atoms with Crippen molar-refractivity contribution in [1.29, 1.82) is 0 Å². The third kappa shape index (κ3) is 6.83. The number of amides is 3. The third-order valence-electron chi connectivity index (χ3n) is 5.95. The van der Waals surface area contributed by atoms with Crippen LogP contribution in [0.3, 0.4) is 0 Å². The third-order valence-corrected chi connectivity index (χ3v) is 5.95. The Bertz CT molecular complexity index is 1440. The zero-order valence-corrected chi connectivity index (χ0v) is 22.1. The standard InChI is InChI=1S/C28H29N7O4/c1-28(2,3)21-12-14-23(15-13-21)35(27(38)29-22-7-5-6-20(16-22)25(37)39-4)17-18-8-10-19(11-9-18)24(36)30-26-31-33-34-32-26/h5-16H,17H2,1-4H3,(H,29,38)(H2,30,31,32,33,34,36). The van der Waals surface area contributed by atoms with E-state index in [9.17, 15) is 14.4 Å². The number of tetrazole rings is 1. The lowest BCUT2D eigenvalue weighted by Crippen LogP contribution is -2.34. The molecule has 11 nitrogen and oxygen atoms in total. The van der Waals surface area contributed by atoms with E-state index in [0.717, 1.165) is 11.1 Å². The van der Waals surface area contributed by atoms with Gasteiger partial charge in [-0.25, -0.2) is 9.59 Å². The van der Waals surface area contributed by atoms with Crippen molar-refractivity contribution in [2.24, 2.45) is 0 Å². The second-order valence-corrected chi connectivity index (χ2v) is 9.77. The molecule has 0 saturated heterocycles. The number of rotatable bonds is 7. The van der Waals surface area contributed by atoms with Gasteiger partial charge in [0.1, 0.15) is 0 Å². The zero-order valence-electron chi connectivity index (χ0n) is 22.1. The molecule has 0 spiro atoms. The zero-order chi connectivity index (χ0) is 28.0. The number of H-pyrrole nitrogens is 1. The Morgan fingerprint density at radius 1 is 0.923 bits per heavy atom. The number of aromatic amines is 1. The molecule has 3 aromatic carbocycles. The van der Waals surface area contributed by atoms with Gasteiger partial charge in [0.2, 0.25) is 0 Å². The monoisotopic (exact) mass is 527 g/mol. The SMILES string of the molecule is COC(=O)c1cccc(NC(=O)N(Cc2ccc(C(=O)Nc3nn[nH]n3)cc2)c2ccc(C(C)(C)C)cc2)c1. The first-order valence-corrected chi connectivity index (χ1v) is 12.2. The molecule has 0 bridgehead atoms. The van der Waals surface area contributed by atoms with Gasteiger partial charge < -0.3 is 10.1 Å². The van der Waals surface area contributed by atoms with Crippen LogP contribution in [0.2, 0.25) is 0 Å². The fourth-order valence-electron chi connectivity index (χ4n) is 3.79. The van der Waals surface area contributed by atoms with Gasteiger partial charge in [-0.05, 0) is 64.2 Å². The van der Waals surface area contributed by atoms with Gasteiger partial charge in [0.25, 0.3) is 11.9 Å². The smallest absolute Gasteiger partial charge is 0.337 e. The average molecular weight is 528 g/mol. The van der Waals surface area contributed by atoms with Crippen molar-refractivity contribution >= 4 is 35.2 Å². The fraction of sp³-hybridized carbons (Fsp3) is 0.214. The lowest BCUT2D eigenvalue weighted by molar-refractivity contribution is 0.0600. The molecule has 1 aromatic heterocycles. The van der Waals surface area contributed by atoms with Crippen LogP contribution in [-0.2, 0) is 16.7 Å². The highest BCUT2D eigenvalue weighted by molar-refractivity contribution is 6.04. The molecule has 0 atom stereocenters. The van der Waals surface area contributed by atoms with E-state index in [4.69, 9.17) is 4.74 Å². The van der Waals surface area contributed by atoms with Crippen molar-refractivity contribution in [2.45, 2.75) is 32.7 Å². The summed E-state index contributed by atoms with van der Waals surface area (Å²) in [7, 11) is 1.30. The first kappa shape index (κ1) is 27.0. The largest absolute Gasteiger partial charge is 0.465 e. The number of nitrogens with one attached hydrogen (secondary N) is 3. The van der Waals surface area contributed by atoms with E-state index >= 15 is 0 Å². The molecule has 1 heterocycles. The number of methoxy groups -OCH3 is 1. The normalized spacial score (nSPS) is 11.0. The molecule has 200 valence electrons. The molecule has 3 N–H and O–H groups in total.